The van der Waals surface area contributed by atoms with Gasteiger partial charge >= 0.3 is 0 Å². The van der Waals surface area contributed by atoms with Crippen LogP contribution >= 0.6 is 0 Å². The Hall–Kier alpha value is -1.37. The molecule has 1 nitrogen and oxygen atoms in total. The van der Waals surface area contributed by atoms with Gasteiger partial charge in [-0.05, 0) is 49.0 Å². The quantitative estimate of drug-likeness (QED) is 0.722. The molecule has 0 aromatic carbocycles. The lowest BCUT2D eigenvalue weighted by molar-refractivity contribution is 0.443. The molecule has 1 saturated carbocycles. The van der Waals surface area contributed by atoms with E-state index in [1.165, 1.54) is 37.7 Å². The second kappa shape index (κ2) is 5.81. The van der Waals surface area contributed by atoms with E-state index in [0.717, 1.165) is 17.2 Å². The van der Waals surface area contributed by atoms with Crippen LogP contribution in [-0.2, 0) is 0 Å². The maximum atomic E-state index is 4.56. The van der Waals surface area contributed by atoms with Crippen LogP contribution in [0, 0.1) is 0 Å². The van der Waals surface area contributed by atoms with E-state index in [0.29, 0.717) is 0 Å². The zero-order chi connectivity index (χ0) is 12.1. The predicted octanol–water partition coefficient (Wildman–Crippen LogP) is 4.81. The summed E-state index contributed by atoms with van der Waals surface area (Å²) in [4.78, 5) is 4.56. The molecule has 1 aromatic heterocycles. The van der Waals surface area contributed by atoms with Crippen LogP contribution in [0.15, 0.2) is 24.9 Å². The third-order valence-corrected chi connectivity index (χ3v) is 3.59. The summed E-state index contributed by atoms with van der Waals surface area (Å²) in [6.45, 7) is 5.90. The summed E-state index contributed by atoms with van der Waals surface area (Å²) in [5.41, 5.74) is 3.58. The molecule has 0 unspecified atom stereocenters. The number of aromatic nitrogens is 1. The van der Waals surface area contributed by atoms with Crippen molar-refractivity contribution in [3.63, 3.8) is 0 Å². The van der Waals surface area contributed by atoms with Gasteiger partial charge in [0, 0.05) is 6.20 Å². The molecule has 0 N–H and O–H groups in total. The first kappa shape index (κ1) is 12.1. The fourth-order valence-corrected chi connectivity index (χ4v) is 2.63. The molecule has 0 aliphatic heterocycles. The highest BCUT2D eigenvalue weighted by atomic mass is 14.7. The van der Waals surface area contributed by atoms with Gasteiger partial charge in [0.25, 0.3) is 0 Å². The molecule has 1 aromatic rings. The van der Waals surface area contributed by atoms with Crippen molar-refractivity contribution in [2.24, 2.45) is 0 Å². The average molecular weight is 227 g/mol. The molecule has 1 heteroatoms. The molecule has 1 heterocycles. The van der Waals surface area contributed by atoms with Crippen molar-refractivity contribution >= 4 is 12.2 Å². The summed E-state index contributed by atoms with van der Waals surface area (Å²) in [7, 11) is 0. The van der Waals surface area contributed by atoms with Crippen LogP contribution in [-0.4, -0.2) is 4.98 Å². The van der Waals surface area contributed by atoms with Gasteiger partial charge in [-0.3, -0.25) is 4.98 Å². The van der Waals surface area contributed by atoms with E-state index >= 15 is 0 Å². The van der Waals surface area contributed by atoms with Crippen molar-refractivity contribution in [1.29, 1.82) is 0 Å². The SMILES string of the molecule is C=Cc1cc(C2CCCCC2)cnc1/C=C\C. The van der Waals surface area contributed by atoms with E-state index < -0.39 is 0 Å². The van der Waals surface area contributed by atoms with Crippen molar-refractivity contribution < 1.29 is 0 Å². The van der Waals surface area contributed by atoms with Crippen molar-refractivity contribution in [2.45, 2.75) is 44.9 Å². The molecule has 0 atom stereocenters. The summed E-state index contributed by atoms with van der Waals surface area (Å²) in [5, 5.41) is 0. The molecule has 90 valence electrons. The summed E-state index contributed by atoms with van der Waals surface area (Å²) in [6.07, 6.45) is 14.8. The summed E-state index contributed by atoms with van der Waals surface area (Å²) >= 11 is 0. The Morgan fingerprint density at radius 1 is 1.29 bits per heavy atom. The number of hydrogen-bond donors (Lipinski definition) is 0. The molecule has 1 fully saturated rings. The fourth-order valence-electron chi connectivity index (χ4n) is 2.63. The minimum atomic E-state index is 0.717. The molecule has 1 aliphatic carbocycles. The fraction of sp³-hybridized carbons (Fsp3) is 0.438. The van der Waals surface area contributed by atoms with E-state index in [-0.39, 0.29) is 0 Å². The average Bonchev–Trinajstić information content (AvgIpc) is 2.40. The third-order valence-electron chi connectivity index (χ3n) is 3.59. The van der Waals surface area contributed by atoms with Gasteiger partial charge in [-0.15, -0.1) is 0 Å². The first-order valence-electron chi connectivity index (χ1n) is 6.60. The van der Waals surface area contributed by atoms with E-state index in [9.17, 15) is 0 Å². The zero-order valence-corrected chi connectivity index (χ0v) is 10.7. The van der Waals surface area contributed by atoms with Crippen LogP contribution < -0.4 is 0 Å². The monoisotopic (exact) mass is 227 g/mol. The minimum absolute atomic E-state index is 0.717. The van der Waals surface area contributed by atoms with Gasteiger partial charge in [0.2, 0.25) is 0 Å². The predicted molar refractivity (Wildman–Crippen MR) is 74.9 cm³/mol. The molecule has 0 spiro atoms. The number of pyridine rings is 1. The van der Waals surface area contributed by atoms with E-state index in [1.54, 1.807) is 0 Å². The standard InChI is InChI=1S/C16H21N/c1-3-8-16-13(4-2)11-15(12-17-16)14-9-6-5-7-10-14/h3-4,8,11-12,14H,2,5-7,9-10H2,1H3/b8-3-. The Bertz CT molecular complexity index is 412. The van der Waals surface area contributed by atoms with Crippen LogP contribution in [0.3, 0.4) is 0 Å². The van der Waals surface area contributed by atoms with E-state index in [1.807, 2.05) is 25.2 Å². The molecule has 1 aliphatic rings. The highest BCUT2D eigenvalue weighted by molar-refractivity contribution is 5.61. The summed E-state index contributed by atoms with van der Waals surface area (Å²) in [5.74, 6) is 0.717. The smallest absolute Gasteiger partial charge is 0.0698 e. The van der Waals surface area contributed by atoms with E-state index in [2.05, 4.69) is 23.8 Å². The van der Waals surface area contributed by atoms with Gasteiger partial charge in [-0.2, -0.15) is 0 Å². The van der Waals surface area contributed by atoms with Crippen molar-refractivity contribution in [2.75, 3.05) is 0 Å². The summed E-state index contributed by atoms with van der Waals surface area (Å²) in [6, 6.07) is 2.27. The van der Waals surface area contributed by atoms with Gasteiger partial charge in [0.15, 0.2) is 0 Å². The van der Waals surface area contributed by atoms with Gasteiger partial charge in [-0.1, -0.05) is 38.0 Å². The second-order valence-electron chi connectivity index (χ2n) is 4.78. The normalized spacial score (nSPS) is 17.5. The molecule has 0 saturated heterocycles. The molecular formula is C16H21N. The number of allylic oxidation sites excluding steroid dienone is 1. The van der Waals surface area contributed by atoms with Gasteiger partial charge in [-0.25, -0.2) is 0 Å². The molecule has 17 heavy (non-hydrogen) atoms. The highest BCUT2D eigenvalue weighted by Crippen LogP contribution is 2.33. The Labute approximate surface area is 104 Å². The third kappa shape index (κ3) is 2.85. The minimum Gasteiger partial charge on any atom is -0.256 e. The Morgan fingerprint density at radius 2 is 2.06 bits per heavy atom. The summed E-state index contributed by atoms with van der Waals surface area (Å²) < 4.78 is 0. The molecule has 0 amide bonds. The zero-order valence-electron chi connectivity index (χ0n) is 10.7. The van der Waals surface area contributed by atoms with Crippen LogP contribution in [0.25, 0.3) is 12.2 Å². The topological polar surface area (TPSA) is 12.9 Å². The van der Waals surface area contributed by atoms with Crippen molar-refractivity contribution in [1.82, 2.24) is 4.98 Å². The second-order valence-corrected chi connectivity index (χ2v) is 4.78. The first-order valence-corrected chi connectivity index (χ1v) is 6.60. The Kier molecular flexibility index (Phi) is 4.13. The molecule has 2 rings (SSSR count). The number of hydrogen-bond acceptors (Lipinski definition) is 1. The van der Waals surface area contributed by atoms with Crippen LogP contribution in [0.4, 0.5) is 0 Å². The number of rotatable bonds is 3. The highest BCUT2D eigenvalue weighted by Gasteiger charge is 2.16. The van der Waals surface area contributed by atoms with E-state index in [4.69, 9.17) is 0 Å². The molecule has 0 radical (unpaired) electrons. The Morgan fingerprint density at radius 3 is 2.71 bits per heavy atom. The van der Waals surface area contributed by atoms with Crippen LogP contribution in [0.1, 0.15) is 61.8 Å². The molecule has 0 bridgehead atoms. The lowest BCUT2D eigenvalue weighted by Crippen LogP contribution is -2.05. The van der Waals surface area contributed by atoms with Crippen LogP contribution in [0.2, 0.25) is 0 Å². The Balaban J connectivity index is 2.26. The van der Waals surface area contributed by atoms with Crippen LogP contribution in [0.5, 0.6) is 0 Å². The maximum absolute atomic E-state index is 4.56. The van der Waals surface area contributed by atoms with Gasteiger partial charge in [0.05, 0.1) is 5.69 Å². The lowest BCUT2D eigenvalue weighted by Gasteiger charge is -2.22. The van der Waals surface area contributed by atoms with Gasteiger partial charge < -0.3 is 0 Å². The van der Waals surface area contributed by atoms with Crippen molar-refractivity contribution in [3.05, 3.63) is 41.7 Å². The van der Waals surface area contributed by atoms with Crippen molar-refractivity contribution in [3.8, 4) is 0 Å². The lowest BCUT2D eigenvalue weighted by atomic mass is 9.84. The maximum Gasteiger partial charge on any atom is 0.0698 e. The van der Waals surface area contributed by atoms with Gasteiger partial charge in [0.1, 0.15) is 0 Å². The largest absolute Gasteiger partial charge is 0.256 e. The molecular weight excluding hydrogens is 206 g/mol. The first-order chi connectivity index (χ1) is 8.35. The number of nitrogens with zero attached hydrogens (tertiary/aromatic N) is 1.